The van der Waals surface area contributed by atoms with Crippen molar-refractivity contribution in [2.24, 2.45) is 0 Å². The van der Waals surface area contributed by atoms with Crippen LogP contribution < -0.4 is 15.6 Å². The zero-order valence-electron chi connectivity index (χ0n) is 18.8. The Morgan fingerprint density at radius 2 is 1.91 bits per heavy atom. The van der Waals surface area contributed by atoms with Gasteiger partial charge in [-0.05, 0) is 90.4 Å². The largest absolute Gasteiger partial charge is 0.494 e. The summed E-state index contributed by atoms with van der Waals surface area (Å²) in [5.41, 5.74) is 3.55. The molecule has 0 saturated heterocycles. The number of thiocarbonyl (C=S) groups is 1. The number of anilines is 1. The molecule has 0 spiro atoms. The number of ether oxygens (including phenoxy) is 1. The van der Waals surface area contributed by atoms with E-state index in [1.54, 1.807) is 11.3 Å². The SMILES string of the molecule is CCOc1ccc(NC(=S)N(Cc2cccs2)Cc2cc3cc(CC)ccc3[nH]c2=O)cc1. The fraction of sp³-hybridized carbons (Fsp3) is 0.231. The number of hydrogen-bond donors (Lipinski definition) is 2. The maximum Gasteiger partial charge on any atom is 0.253 e. The van der Waals surface area contributed by atoms with Gasteiger partial charge in [-0.25, -0.2) is 0 Å². The van der Waals surface area contributed by atoms with Crippen LogP contribution in [0.3, 0.4) is 0 Å². The van der Waals surface area contributed by atoms with Gasteiger partial charge in [-0.2, -0.15) is 0 Å². The summed E-state index contributed by atoms with van der Waals surface area (Å²) < 4.78 is 5.52. The first-order valence-corrected chi connectivity index (χ1v) is 12.3. The van der Waals surface area contributed by atoms with Crippen molar-refractivity contribution in [1.29, 1.82) is 0 Å². The summed E-state index contributed by atoms with van der Waals surface area (Å²) in [4.78, 5) is 19.1. The van der Waals surface area contributed by atoms with Crippen molar-refractivity contribution < 1.29 is 4.74 Å². The zero-order chi connectivity index (χ0) is 23.2. The molecule has 33 heavy (non-hydrogen) atoms. The van der Waals surface area contributed by atoms with Crippen LogP contribution in [0, 0.1) is 0 Å². The second-order valence-electron chi connectivity index (χ2n) is 7.72. The normalized spacial score (nSPS) is 10.8. The van der Waals surface area contributed by atoms with Crippen molar-refractivity contribution in [3.63, 3.8) is 0 Å². The number of benzene rings is 2. The lowest BCUT2D eigenvalue weighted by Gasteiger charge is -2.25. The van der Waals surface area contributed by atoms with Crippen LogP contribution in [0.5, 0.6) is 5.75 Å². The van der Waals surface area contributed by atoms with Gasteiger partial charge in [-0.3, -0.25) is 4.79 Å². The van der Waals surface area contributed by atoms with Gasteiger partial charge < -0.3 is 19.9 Å². The van der Waals surface area contributed by atoms with Crippen LogP contribution in [0.2, 0.25) is 0 Å². The Morgan fingerprint density at radius 1 is 1.09 bits per heavy atom. The highest BCUT2D eigenvalue weighted by molar-refractivity contribution is 7.80. The number of aromatic nitrogens is 1. The summed E-state index contributed by atoms with van der Waals surface area (Å²) in [6, 6.07) is 20.0. The van der Waals surface area contributed by atoms with E-state index in [2.05, 4.69) is 35.4 Å². The van der Waals surface area contributed by atoms with E-state index in [9.17, 15) is 4.79 Å². The van der Waals surface area contributed by atoms with Gasteiger partial charge in [0.1, 0.15) is 5.75 Å². The molecule has 0 aliphatic carbocycles. The monoisotopic (exact) mass is 477 g/mol. The van der Waals surface area contributed by atoms with Gasteiger partial charge in [0.15, 0.2) is 5.11 Å². The Labute approximate surface area is 203 Å². The van der Waals surface area contributed by atoms with E-state index >= 15 is 0 Å². The highest BCUT2D eigenvalue weighted by atomic mass is 32.1. The minimum atomic E-state index is -0.0909. The topological polar surface area (TPSA) is 57.4 Å². The smallest absolute Gasteiger partial charge is 0.253 e. The van der Waals surface area contributed by atoms with E-state index in [4.69, 9.17) is 17.0 Å². The van der Waals surface area contributed by atoms with Gasteiger partial charge in [-0.15, -0.1) is 11.3 Å². The van der Waals surface area contributed by atoms with Crippen LogP contribution in [-0.2, 0) is 19.5 Å². The molecule has 5 nitrogen and oxygen atoms in total. The Morgan fingerprint density at radius 3 is 2.61 bits per heavy atom. The maximum atomic E-state index is 12.8. The number of pyridine rings is 1. The molecule has 0 saturated carbocycles. The molecule has 4 aromatic rings. The summed E-state index contributed by atoms with van der Waals surface area (Å²) in [6.07, 6.45) is 0.949. The number of aromatic amines is 1. The molecule has 0 unspecified atom stereocenters. The van der Waals surface area contributed by atoms with Crippen molar-refractivity contribution in [2.45, 2.75) is 33.4 Å². The Balaban J connectivity index is 1.59. The van der Waals surface area contributed by atoms with Gasteiger partial charge in [0.25, 0.3) is 5.56 Å². The van der Waals surface area contributed by atoms with Crippen molar-refractivity contribution >= 4 is 45.3 Å². The molecular weight excluding hydrogens is 450 g/mol. The summed E-state index contributed by atoms with van der Waals surface area (Å²) in [7, 11) is 0. The van der Waals surface area contributed by atoms with E-state index in [1.807, 2.05) is 59.7 Å². The van der Waals surface area contributed by atoms with E-state index in [0.717, 1.165) is 28.8 Å². The molecule has 2 aromatic carbocycles. The predicted octanol–water partition coefficient (Wildman–Crippen LogP) is 5.95. The Kier molecular flexibility index (Phi) is 7.42. The summed E-state index contributed by atoms with van der Waals surface area (Å²) in [6.45, 7) is 5.73. The van der Waals surface area contributed by atoms with Crippen molar-refractivity contribution in [2.75, 3.05) is 11.9 Å². The van der Waals surface area contributed by atoms with Crippen LogP contribution >= 0.6 is 23.6 Å². The molecule has 2 heterocycles. The first-order chi connectivity index (χ1) is 16.1. The molecule has 170 valence electrons. The minimum absolute atomic E-state index is 0.0909. The van der Waals surface area contributed by atoms with Crippen LogP contribution in [0.15, 0.2) is 70.8 Å². The summed E-state index contributed by atoms with van der Waals surface area (Å²) in [5.74, 6) is 0.818. The lowest BCUT2D eigenvalue weighted by Crippen LogP contribution is -2.35. The van der Waals surface area contributed by atoms with Crippen LogP contribution in [0.1, 0.15) is 29.9 Å². The second kappa shape index (κ2) is 10.6. The molecule has 0 aliphatic rings. The van der Waals surface area contributed by atoms with Crippen molar-refractivity contribution in [3.8, 4) is 5.75 Å². The molecule has 0 atom stereocenters. The highest BCUT2D eigenvalue weighted by Gasteiger charge is 2.15. The van der Waals surface area contributed by atoms with Crippen LogP contribution in [-0.4, -0.2) is 21.6 Å². The lowest BCUT2D eigenvalue weighted by atomic mass is 10.1. The summed E-state index contributed by atoms with van der Waals surface area (Å²) in [5, 5.41) is 6.96. The van der Waals surface area contributed by atoms with E-state index in [1.165, 1.54) is 10.4 Å². The van der Waals surface area contributed by atoms with Gasteiger partial charge in [0, 0.05) is 21.6 Å². The molecule has 0 amide bonds. The fourth-order valence-corrected chi connectivity index (χ4v) is 4.60. The average Bonchev–Trinajstić information content (AvgIpc) is 3.33. The van der Waals surface area contributed by atoms with Crippen LogP contribution in [0.25, 0.3) is 10.9 Å². The van der Waals surface area contributed by atoms with E-state index in [0.29, 0.717) is 30.4 Å². The molecule has 4 rings (SSSR count). The number of hydrogen-bond acceptors (Lipinski definition) is 4. The molecule has 0 bridgehead atoms. The number of nitrogens with zero attached hydrogens (tertiary/aromatic N) is 1. The number of rotatable bonds is 8. The number of nitrogens with one attached hydrogen (secondary N) is 2. The van der Waals surface area contributed by atoms with E-state index < -0.39 is 0 Å². The zero-order valence-corrected chi connectivity index (χ0v) is 20.4. The fourth-order valence-electron chi connectivity index (χ4n) is 3.64. The van der Waals surface area contributed by atoms with Gasteiger partial charge in [-0.1, -0.05) is 19.1 Å². The van der Waals surface area contributed by atoms with Gasteiger partial charge in [0.2, 0.25) is 0 Å². The van der Waals surface area contributed by atoms with Gasteiger partial charge in [0.05, 0.1) is 19.7 Å². The summed E-state index contributed by atoms with van der Waals surface area (Å²) >= 11 is 7.44. The third-order valence-corrected chi connectivity index (χ3v) is 6.61. The average molecular weight is 478 g/mol. The number of fused-ring (bicyclic) bond motifs is 1. The van der Waals surface area contributed by atoms with Gasteiger partial charge >= 0.3 is 0 Å². The Hall–Kier alpha value is -3.16. The van der Waals surface area contributed by atoms with E-state index in [-0.39, 0.29) is 5.56 Å². The highest BCUT2D eigenvalue weighted by Crippen LogP contribution is 2.20. The predicted molar refractivity (Wildman–Crippen MR) is 141 cm³/mol. The Bertz CT molecular complexity index is 1280. The lowest BCUT2D eigenvalue weighted by molar-refractivity contribution is 0.340. The first kappa shape index (κ1) is 23.0. The third-order valence-electron chi connectivity index (χ3n) is 5.39. The quantitative estimate of drug-likeness (QED) is 0.307. The number of H-pyrrole nitrogens is 1. The second-order valence-corrected chi connectivity index (χ2v) is 9.14. The maximum absolute atomic E-state index is 12.8. The first-order valence-electron chi connectivity index (χ1n) is 11.0. The standard InChI is InChI=1S/C26H27N3O2S2/c1-3-18-7-12-24-19(14-18)15-20(25(30)28-24)16-29(17-23-6-5-13-33-23)26(32)27-21-8-10-22(11-9-21)31-4-2/h5-15H,3-4,16-17H2,1-2H3,(H,27,32)(H,28,30). The molecule has 0 aliphatic heterocycles. The molecule has 0 radical (unpaired) electrons. The molecule has 2 N–H and O–H groups in total. The number of aryl methyl sites for hydroxylation is 1. The minimum Gasteiger partial charge on any atom is -0.494 e. The van der Waals surface area contributed by atoms with Crippen LogP contribution in [0.4, 0.5) is 5.69 Å². The van der Waals surface area contributed by atoms with Crippen molar-refractivity contribution in [1.82, 2.24) is 9.88 Å². The third kappa shape index (κ3) is 5.80. The molecule has 0 fully saturated rings. The van der Waals surface area contributed by atoms with Crippen molar-refractivity contribution in [3.05, 3.63) is 92.4 Å². The molecular formula is C26H27N3O2S2. The number of thiophene rings is 1. The molecule has 7 heteroatoms. The molecule has 2 aromatic heterocycles.